The van der Waals surface area contributed by atoms with E-state index in [0.717, 1.165) is 22.6 Å². The van der Waals surface area contributed by atoms with Crippen molar-refractivity contribution in [2.24, 2.45) is 5.10 Å². The highest BCUT2D eigenvalue weighted by molar-refractivity contribution is 5.81. The van der Waals surface area contributed by atoms with Crippen molar-refractivity contribution >= 4 is 12.2 Å². The van der Waals surface area contributed by atoms with Gasteiger partial charge in [0.1, 0.15) is 0 Å². The fourth-order valence-corrected chi connectivity index (χ4v) is 2.62. The molecular formula is C19H22N6O2. The third kappa shape index (κ3) is 4.41. The van der Waals surface area contributed by atoms with Crippen LogP contribution in [-0.2, 0) is 0 Å². The molecule has 1 aromatic carbocycles. The molecule has 0 atom stereocenters. The predicted octanol–water partition coefficient (Wildman–Crippen LogP) is 3.14. The van der Waals surface area contributed by atoms with E-state index in [1.165, 1.54) is 0 Å². The normalized spacial score (nSPS) is 11.1. The first-order chi connectivity index (χ1) is 13.0. The lowest BCUT2D eigenvalue weighted by atomic mass is 10.2. The average molecular weight is 366 g/mol. The van der Waals surface area contributed by atoms with Crippen LogP contribution in [0.1, 0.15) is 29.6 Å². The van der Waals surface area contributed by atoms with E-state index in [1.807, 2.05) is 39.8 Å². The van der Waals surface area contributed by atoms with Crippen molar-refractivity contribution in [3.05, 3.63) is 53.0 Å². The van der Waals surface area contributed by atoms with Crippen LogP contribution in [0.15, 0.2) is 35.4 Å². The molecule has 140 valence electrons. The smallest absolute Gasteiger partial charge is 0.245 e. The van der Waals surface area contributed by atoms with Crippen LogP contribution in [0.3, 0.4) is 0 Å². The van der Waals surface area contributed by atoms with Gasteiger partial charge in [-0.25, -0.2) is 15.1 Å². The maximum absolute atomic E-state index is 9.75. The molecule has 0 aliphatic rings. The summed E-state index contributed by atoms with van der Waals surface area (Å²) >= 11 is 0. The second-order valence-corrected chi connectivity index (χ2v) is 6.06. The first kappa shape index (κ1) is 18.4. The van der Waals surface area contributed by atoms with Gasteiger partial charge in [0.15, 0.2) is 17.3 Å². The fourth-order valence-electron chi connectivity index (χ4n) is 2.62. The molecule has 0 saturated heterocycles. The zero-order valence-electron chi connectivity index (χ0n) is 15.8. The van der Waals surface area contributed by atoms with Crippen LogP contribution in [-0.4, -0.2) is 37.7 Å². The number of hydrazone groups is 1. The third-order valence-electron chi connectivity index (χ3n) is 3.73. The Bertz CT molecular complexity index is 980. The average Bonchev–Trinajstić information content (AvgIpc) is 2.96. The Morgan fingerprint density at radius 1 is 1.15 bits per heavy atom. The van der Waals surface area contributed by atoms with Crippen LogP contribution in [0, 0.1) is 20.8 Å². The van der Waals surface area contributed by atoms with Crippen LogP contribution in [0.5, 0.6) is 11.5 Å². The molecule has 2 aromatic heterocycles. The molecule has 0 aliphatic carbocycles. The molecule has 8 heteroatoms. The molecule has 0 spiro atoms. The molecular weight excluding hydrogens is 344 g/mol. The van der Waals surface area contributed by atoms with Crippen molar-refractivity contribution in [2.75, 3.05) is 12.0 Å². The van der Waals surface area contributed by atoms with E-state index < -0.39 is 0 Å². The molecule has 0 unspecified atom stereocenters. The van der Waals surface area contributed by atoms with Crippen molar-refractivity contribution in [1.29, 1.82) is 0 Å². The number of nitrogens with one attached hydrogen (secondary N) is 1. The molecule has 2 heterocycles. The SMILES string of the molecule is CCOc1cc(C=NNc2nc(C)cc(-n3nc(C)cc3C)n2)ccc1O. The minimum Gasteiger partial charge on any atom is -0.504 e. The molecule has 0 radical (unpaired) electrons. The fraction of sp³-hybridized carbons (Fsp3) is 0.263. The lowest BCUT2D eigenvalue weighted by Gasteiger charge is -2.07. The number of nitrogens with zero attached hydrogens (tertiary/aromatic N) is 5. The van der Waals surface area contributed by atoms with Crippen LogP contribution < -0.4 is 10.2 Å². The van der Waals surface area contributed by atoms with E-state index >= 15 is 0 Å². The molecule has 3 rings (SSSR count). The van der Waals surface area contributed by atoms with E-state index in [1.54, 1.807) is 29.1 Å². The summed E-state index contributed by atoms with van der Waals surface area (Å²) in [6, 6.07) is 8.87. The molecule has 0 fully saturated rings. The molecule has 3 aromatic rings. The Hall–Kier alpha value is -3.42. The van der Waals surface area contributed by atoms with Gasteiger partial charge in [-0.2, -0.15) is 15.2 Å². The topological polar surface area (TPSA) is 97.5 Å². The summed E-state index contributed by atoms with van der Waals surface area (Å²) in [5, 5.41) is 18.4. The zero-order chi connectivity index (χ0) is 19.4. The highest BCUT2D eigenvalue weighted by atomic mass is 16.5. The number of hydrogen-bond acceptors (Lipinski definition) is 7. The van der Waals surface area contributed by atoms with Gasteiger partial charge in [-0.15, -0.1) is 0 Å². The predicted molar refractivity (Wildman–Crippen MR) is 104 cm³/mol. The number of hydrogen-bond donors (Lipinski definition) is 2. The molecule has 8 nitrogen and oxygen atoms in total. The Morgan fingerprint density at radius 3 is 2.67 bits per heavy atom. The lowest BCUT2D eigenvalue weighted by Crippen LogP contribution is -2.06. The Morgan fingerprint density at radius 2 is 1.96 bits per heavy atom. The van der Waals surface area contributed by atoms with Crippen LogP contribution in [0.25, 0.3) is 5.82 Å². The van der Waals surface area contributed by atoms with Crippen molar-refractivity contribution in [1.82, 2.24) is 19.7 Å². The number of benzene rings is 1. The largest absolute Gasteiger partial charge is 0.504 e. The van der Waals surface area contributed by atoms with E-state index in [4.69, 9.17) is 4.74 Å². The Kier molecular flexibility index (Phi) is 5.35. The summed E-state index contributed by atoms with van der Waals surface area (Å²) in [6.45, 7) is 8.13. The maximum Gasteiger partial charge on any atom is 0.245 e. The van der Waals surface area contributed by atoms with E-state index in [2.05, 4.69) is 25.6 Å². The highest BCUT2D eigenvalue weighted by Crippen LogP contribution is 2.26. The third-order valence-corrected chi connectivity index (χ3v) is 3.73. The molecule has 0 saturated carbocycles. The van der Waals surface area contributed by atoms with Crippen LogP contribution in [0.2, 0.25) is 0 Å². The van der Waals surface area contributed by atoms with Gasteiger partial charge < -0.3 is 9.84 Å². The minimum absolute atomic E-state index is 0.0958. The summed E-state index contributed by atoms with van der Waals surface area (Å²) in [4.78, 5) is 8.82. The maximum atomic E-state index is 9.75. The van der Waals surface area contributed by atoms with Gasteiger partial charge in [0.05, 0.1) is 18.5 Å². The second-order valence-electron chi connectivity index (χ2n) is 6.06. The van der Waals surface area contributed by atoms with Gasteiger partial charge in [0, 0.05) is 17.5 Å². The molecule has 0 aliphatic heterocycles. The number of aromatic nitrogens is 4. The summed E-state index contributed by atoms with van der Waals surface area (Å²) in [5.41, 5.74) is 6.33. The van der Waals surface area contributed by atoms with Crippen LogP contribution in [0.4, 0.5) is 5.95 Å². The summed E-state index contributed by atoms with van der Waals surface area (Å²) in [6.07, 6.45) is 1.61. The number of phenols is 1. The Labute approximate surface area is 157 Å². The number of anilines is 1. The van der Waals surface area contributed by atoms with Gasteiger partial charge in [-0.1, -0.05) is 0 Å². The molecule has 27 heavy (non-hydrogen) atoms. The number of ether oxygens (including phenoxy) is 1. The molecule has 0 bridgehead atoms. The van der Waals surface area contributed by atoms with E-state index in [-0.39, 0.29) is 5.75 Å². The number of rotatable bonds is 6. The van der Waals surface area contributed by atoms with Gasteiger partial charge in [-0.3, -0.25) is 0 Å². The zero-order valence-corrected chi connectivity index (χ0v) is 15.8. The van der Waals surface area contributed by atoms with Crippen molar-refractivity contribution in [2.45, 2.75) is 27.7 Å². The summed E-state index contributed by atoms with van der Waals surface area (Å²) < 4.78 is 7.14. The van der Waals surface area contributed by atoms with Gasteiger partial charge in [0.25, 0.3) is 0 Å². The van der Waals surface area contributed by atoms with Gasteiger partial charge in [0.2, 0.25) is 5.95 Å². The van der Waals surface area contributed by atoms with Gasteiger partial charge in [-0.05, 0) is 57.5 Å². The molecule has 2 N–H and O–H groups in total. The highest BCUT2D eigenvalue weighted by Gasteiger charge is 2.08. The monoisotopic (exact) mass is 366 g/mol. The van der Waals surface area contributed by atoms with Crippen molar-refractivity contribution < 1.29 is 9.84 Å². The standard InChI is InChI=1S/C19H22N6O2/c1-5-27-17-10-15(6-7-16(17)26)11-20-23-19-21-12(2)9-18(22-19)25-14(4)8-13(3)24-25/h6-11,26H,5H2,1-4H3,(H,21,22,23). The lowest BCUT2D eigenvalue weighted by molar-refractivity contribution is 0.318. The first-order valence-corrected chi connectivity index (χ1v) is 8.60. The molecule has 0 amide bonds. The Balaban J connectivity index is 1.79. The van der Waals surface area contributed by atoms with Crippen molar-refractivity contribution in [3.8, 4) is 17.3 Å². The van der Waals surface area contributed by atoms with E-state index in [9.17, 15) is 5.11 Å². The number of aromatic hydroxyl groups is 1. The van der Waals surface area contributed by atoms with Crippen molar-refractivity contribution in [3.63, 3.8) is 0 Å². The quantitative estimate of drug-likeness (QED) is 0.514. The first-order valence-electron chi connectivity index (χ1n) is 8.60. The van der Waals surface area contributed by atoms with Crippen LogP contribution >= 0.6 is 0 Å². The van der Waals surface area contributed by atoms with Gasteiger partial charge >= 0.3 is 0 Å². The summed E-state index contributed by atoms with van der Waals surface area (Å²) in [5.74, 6) is 1.56. The second kappa shape index (κ2) is 7.86. The van der Waals surface area contributed by atoms with E-state index in [0.29, 0.717) is 24.1 Å². The summed E-state index contributed by atoms with van der Waals surface area (Å²) in [7, 11) is 0. The minimum atomic E-state index is 0.0958. The number of phenolic OH excluding ortho intramolecular Hbond substituents is 1. The number of aryl methyl sites for hydroxylation is 3.